The van der Waals surface area contributed by atoms with Gasteiger partial charge in [-0.05, 0) is 26.0 Å². The lowest BCUT2D eigenvalue weighted by atomic mass is 10.2. The molecule has 0 aliphatic carbocycles. The van der Waals surface area contributed by atoms with Crippen molar-refractivity contribution < 1.29 is 10.0 Å². The van der Waals surface area contributed by atoms with Crippen molar-refractivity contribution in [2.75, 3.05) is 5.06 Å². The second-order valence-corrected chi connectivity index (χ2v) is 7.44. The molecule has 5 nitrogen and oxygen atoms in total. The maximum atomic E-state index is 12.4. The zero-order valence-corrected chi connectivity index (χ0v) is 14.4. The van der Waals surface area contributed by atoms with Crippen molar-refractivity contribution in [2.24, 2.45) is 5.10 Å². The van der Waals surface area contributed by atoms with Crippen molar-refractivity contribution in [2.45, 2.75) is 25.1 Å². The monoisotopic (exact) mass is 341 g/mol. The van der Waals surface area contributed by atoms with E-state index in [1.807, 2.05) is 44.2 Å². The molecule has 3 rings (SSSR count). The van der Waals surface area contributed by atoms with Crippen LogP contribution in [-0.4, -0.2) is 21.0 Å². The topological polar surface area (TPSA) is 64.9 Å². The minimum Gasteiger partial charge on any atom is -0.292 e. The van der Waals surface area contributed by atoms with E-state index in [9.17, 15) is 10.0 Å². The van der Waals surface area contributed by atoms with Gasteiger partial charge in [-0.1, -0.05) is 59.8 Å². The van der Waals surface area contributed by atoms with E-state index in [1.165, 1.54) is 17.3 Å². The van der Waals surface area contributed by atoms with E-state index in [1.54, 1.807) is 24.3 Å². The van der Waals surface area contributed by atoms with E-state index >= 15 is 0 Å². The molecule has 24 heavy (non-hydrogen) atoms. The van der Waals surface area contributed by atoms with E-state index in [0.29, 0.717) is 10.8 Å². The Morgan fingerprint density at radius 3 is 2.54 bits per heavy atom. The number of aryl methyl sites for hydroxylation is 1. The number of hydrazone groups is 1. The summed E-state index contributed by atoms with van der Waals surface area (Å²) in [4.78, 5) is 11.8. The summed E-state index contributed by atoms with van der Waals surface area (Å²) in [6.07, 6.45) is 0.113. The van der Waals surface area contributed by atoms with Crippen LogP contribution in [0.15, 0.2) is 59.7 Å². The first kappa shape index (κ1) is 16.5. The SMILES string of the molecule is Cc1ccc(C2=NNC(C)(CC(=O)N(O)c3ccccc3)S2)cc1. The minimum absolute atomic E-state index is 0.113. The van der Waals surface area contributed by atoms with Crippen LogP contribution in [0.4, 0.5) is 5.69 Å². The zero-order valence-electron chi connectivity index (χ0n) is 13.6. The highest BCUT2D eigenvalue weighted by atomic mass is 32.2. The number of hydrogen-bond donors (Lipinski definition) is 2. The highest BCUT2D eigenvalue weighted by Crippen LogP contribution is 2.35. The Hall–Kier alpha value is -2.31. The molecule has 1 aliphatic rings. The summed E-state index contributed by atoms with van der Waals surface area (Å²) in [7, 11) is 0. The molecule has 1 unspecified atom stereocenters. The zero-order chi connectivity index (χ0) is 17.2. The van der Waals surface area contributed by atoms with Crippen LogP contribution in [0.3, 0.4) is 0 Å². The first-order valence-electron chi connectivity index (χ1n) is 7.65. The fraction of sp³-hybridized carbons (Fsp3) is 0.222. The maximum absolute atomic E-state index is 12.4. The van der Waals surface area contributed by atoms with Crippen molar-refractivity contribution in [3.63, 3.8) is 0 Å². The standard InChI is InChI=1S/C18H19N3O2S/c1-13-8-10-14(11-9-13)17-19-20-18(2,24-17)12-16(22)21(23)15-6-4-3-5-7-15/h3-11,20,23H,12H2,1-2H3. The van der Waals surface area contributed by atoms with Crippen molar-refractivity contribution in [1.29, 1.82) is 0 Å². The molecule has 1 amide bonds. The number of amides is 1. The molecule has 0 fully saturated rings. The molecule has 2 N–H and O–H groups in total. The van der Waals surface area contributed by atoms with Gasteiger partial charge in [-0.15, -0.1) is 0 Å². The lowest BCUT2D eigenvalue weighted by Crippen LogP contribution is -2.39. The number of hydrogen-bond acceptors (Lipinski definition) is 5. The van der Waals surface area contributed by atoms with Crippen LogP contribution in [0.5, 0.6) is 0 Å². The van der Waals surface area contributed by atoms with Gasteiger partial charge >= 0.3 is 0 Å². The molecule has 2 aromatic carbocycles. The molecule has 0 radical (unpaired) electrons. The Morgan fingerprint density at radius 2 is 1.88 bits per heavy atom. The maximum Gasteiger partial charge on any atom is 0.253 e. The number of benzene rings is 2. The molecular formula is C18H19N3O2S. The van der Waals surface area contributed by atoms with Crippen LogP contribution >= 0.6 is 11.8 Å². The molecule has 2 aromatic rings. The highest BCUT2D eigenvalue weighted by molar-refractivity contribution is 8.15. The third kappa shape index (κ3) is 3.60. The number of carbonyl (C=O) groups excluding carboxylic acids is 1. The number of carbonyl (C=O) groups is 1. The van der Waals surface area contributed by atoms with E-state index < -0.39 is 4.87 Å². The number of anilines is 1. The van der Waals surface area contributed by atoms with Gasteiger partial charge in [-0.25, -0.2) is 0 Å². The van der Waals surface area contributed by atoms with Crippen molar-refractivity contribution in [3.05, 3.63) is 65.7 Å². The molecular weight excluding hydrogens is 322 g/mol. The largest absolute Gasteiger partial charge is 0.292 e. The molecule has 0 saturated heterocycles. The van der Waals surface area contributed by atoms with Gasteiger partial charge in [0.05, 0.1) is 12.1 Å². The fourth-order valence-corrected chi connectivity index (χ4v) is 3.46. The normalized spacial score (nSPS) is 19.5. The van der Waals surface area contributed by atoms with Gasteiger partial charge in [0.1, 0.15) is 9.91 Å². The molecule has 1 aliphatic heterocycles. The van der Waals surface area contributed by atoms with Crippen molar-refractivity contribution in [1.82, 2.24) is 5.43 Å². The number of nitrogens with one attached hydrogen (secondary N) is 1. The quantitative estimate of drug-likeness (QED) is 0.660. The molecule has 0 bridgehead atoms. The van der Waals surface area contributed by atoms with Crippen molar-refractivity contribution >= 4 is 28.4 Å². The summed E-state index contributed by atoms with van der Waals surface area (Å²) in [6.45, 7) is 3.94. The van der Waals surface area contributed by atoms with Gasteiger partial charge in [0.15, 0.2) is 0 Å². The molecule has 0 aromatic heterocycles. The lowest BCUT2D eigenvalue weighted by molar-refractivity contribution is -0.124. The molecule has 6 heteroatoms. The first-order valence-corrected chi connectivity index (χ1v) is 8.46. The second kappa shape index (κ2) is 6.67. The Kier molecular flexibility index (Phi) is 4.59. The Morgan fingerprint density at radius 1 is 1.21 bits per heavy atom. The Bertz CT molecular complexity index is 762. The number of para-hydroxylation sites is 1. The van der Waals surface area contributed by atoms with Gasteiger partial charge < -0.3 is 0 Å². The van der Waals surface area contributed by atoms with E-state index in [-0.39, 0.29) is 12.3 Å². The molecule has 1 heterocycles. The van der Waals surface area contributed by atoms with Gasteiger partial charge in [-0.2, -0.15) is 10.2 Å². The minimum atomic E-state index is -0.590. The van der Waals surface area contributed by atoms with Gasteiger partial charge in [0, 0.05) is 5.56 Å². The number of rotatable bonds is 4. The predicted octanol–water partition coefficient (Wildman–Crippen LogP) is 3.52. The summed E-state index contributed by atoms with van der Waals surface area (Å²) in [5.41, 5.74) is 5.68. The van der Waals surface area contributed by atoms with E-state index in [4.69, 9.17) is 0 Å². The smallest absolute Gasteiger partial charge is 0.253 e. The second-order valence-electron chi connectivity index (χ2n) is 5.95. The van der Waals surface area contributed by atoms with Crippen LogP contribution in [0.25, 0.3) is 0 Å². The van der Waals surface area contributed by atoms with Gasteiger partial charge in [0.2, 0.25) is 0 Å². The molecule has 1 atom stereocenters. The van der Waals surface area contributed by atoms with Crippen LogP contribution in [0, 0.1) is 6.92 Å². The Balaban J connectivity index is 1.66. The molecule has 0 spiro atoms. The fourth-order valence-electron chi connectivity index (χ4n) is 2.40. The number of thioether (sulfide) groups is 1. The summed E-state index contributed by atoms with van der Waals surface area (Å²) < 4.78 is 0. The van der Waals surface area contributed by atoms with E-state index in [2.05, 4.69) is 10.5 Å². The average Bonchev–Trinajstić information content (AvgIpc) is 2.97. The first-order chi connectivity index (χ1) is 11.5. The van der Waals surface area contributed by atoms with E-state index in [0.717, 1.165) is 10.6 Å². The summed E-state index contributed by atoms with van der Waals surface area (Å²) >= 11 is 1.49. The molecule has 0 saturated carbocycles. The summed E-state index contributed by atoms with van der Waals surface area (Å²) in [5.74, 6) is -0.385. The van der Waals surface area contributed by atoms with Crippen LogP contribution in [0.1, 0.15) is 24.5 Å². The average molecular weight is 341 g/mol. The number of hydroxylamine groups is 1. The van der Waals surface area contributed by atoms with Gasteiger partial charge in [-0.3, -0.25) is 15.4 Å². The molecule has 124 valence electrons. The third-order valence-corrected chi connectivity index (χ3v) is 4.95. The summed E-state index contributed by atoms with van der Waals surface area (Å²) in [6, 6.07) is 16.8. The number of nitrogens with zero attached hydrogens (tertiary/aromatic N) is 2. The highest BCUT2D eigenvalue weighted by Gasteiger charge is 2.36. The van der Waals surface area contributed by atoms with Crippen LogP contribution in [-0.2, 0) is 4.79 Å². The third-order valence-electron chi connectivity index (χ3n) is 3.74. The van der Waals surface area contributed by atoms with Crippen LogP contribution < -0.4 is 10.5 Å². The van der Waals surface area contributed by atoms with Crippen LogP contribution in [0.2, 0.25) is 0 Å². The van der Waals surface area contributed by atoms with Gasteiger partial charge in [0.25, 0.3) is 5.91 Å². The Labute approximate surface area is 145 Å². The predicted molar refractivity (Wildman–Crippen MR) is 97.2 cm³/mol. The summed E-state index contributed by atoms with van der Waals surface area (Å²) in [5, 5.41) is 16.0. The van der Waals surface area contributed by atoms with Crippen molar-refractivity contribution in [3.8, 4) is 0 Å². The lowest BCUT2D eigenvalue weighted by Gasteiger charge is -2.24.